The quantitative estimate of drug-likeness (QED) is 0.526. The molecular weight excluding hydrogens is 182 g/mol. The van der Waals surface area contributed by atoms with E-state index in [0.717, 1.165) is 0 Å². The van der Waals surface area contributed by atoms with Gasteiger partial charge >= 0.3 is 5.97 Å². The summed E-state index contributed by atoms with van der Waals surface area (Å²) in [5.41, 5.74) is 0.656. The monoisotopic (exact) mass is 195 g/mol. The lowest BCUT2D eigenvalue weighted by molar-refractivity contribution is -0.136. The summed E-state index contributed by atoms with van der Waals surface area (Å²) in [6.07, 6.45) is 5.50. The molecule has 0 saturated carbocycles. The van der Waals surface area contributed by atoms with Crippen LogP contribution in [0.3, 0.4) is 0 Å². The highest BCUT2D eigenvalue weighted by atomic mass is 16.5. The van der Waals surface area contributed by atoms with Crippen LogP contribution in [-0.4, -0.2) is 27.8 Å². The normalized spacial score (nSPS) is 11.4. The summed E-state index contributed by atoms with van der Waals surface area (Å²) in [6.45, 7) is 2.45. The predicted molar refractivity (Wildman–Crippen MR) is 50.4 cm³/mol. The molecule has 76 valence electrons. The van der Waals surface area contributed by atoms with E-state index in [2.05, 4.69) is 14.8 Å². The fourth-order valence-electron chi connectivity index (χ4n) is 1.03. The molecule has 5 nitrogen and oxygen atoms in total. The molecule has 0 aliphatic heterocycles. The Balaban J connectivity index is 2.61. The van der Waals surface area contributed by atoms with Gasteiger partial charge in [-0.25, -0.2) is 14.5 Å². The molecule has 0 saturated heterocycles. The van der Waals surface area contributed by atoms with E-state index in [1.807, 2.05) is 6.92 Å². The molecule has 5 heteroatoms. The first-order valence-electron chi connectivity index (χ1n) is 4.37. The number of methoxy groups -OCH3 is 1. The Kier molecular flexibility index (Phi) is 3.84. The first-order chi connectivity index (χ1) is 6.77. The van der Waals surface area contributed by atoms with Gasteiger partial charge in [-0.15, -0.1) is 0 Å². The second kappa shape index (κ2) is 5.16. The number of carbonyl (C=O) groups is 1. The predicted octanol–water partition coefficient (Wildman–Crippen LogP) is 0.787. The minimum Gasteiger partial charge on any atom is -0.466 e. The van der Waals surface area contributed by atoms with Crippen molar-refractivity contribution in [1.29, 1.82) is 0 Å². The van der Waals surface area contributed by atoms with Crippen molar-refractivity contribution < 1.29 is 9.53 Å². The average Bonchev–Trinajstić information content (AvgIpc) is 2.71. The van der Waals surface area contributed by atoms with Gasteiger partial charge in [-0.05, 0) is 6.42 Å². The summed E-state index contributed by atoms with van der Waals surface area (Å²) < 4.78 is 6.26. The van der Waals surface area contributed by atoms with Crippen LogP contribution in [-0.2, 0) is 16.1 Å². The fraction of sp³-hybridized carbons (Fsp3) is 0.444. The summed E-state index contributed by atoms with van der Waals surface area (Å²) in [7, 11) is 1.38. The molecule has 0 aliphatic rings. The van der Waals surface area contributed by atoms with Gasteiger partial charge in [-0.1, -0.05) is 13.0 Å². The molecule has 1 aromatic rings. The standard InChI is InChI=1S/C9H13N3O2/c1-3-8(9(13)14-2)4-5-12-7-10-6-11-12/h4,6-7H,3,5H2,1-2H3. The van der Waals surface area contributed by atoms with Crippen molar-refractivity contribution in [3.05, 3.63) is 24.3 Å². The molecule has 1 heterocycles. The van der Waals surface area contributed by atoms with Gasteiger partial charge in [0, 0.05) is 5.57 Å². The summed E-state index contributed by atoms with van der Waals surface area (Å²) in [6, 6.07) is 0. The number of hydrogen-bond acceptors (Lipinski definition) is 4. The Morgan fingerprint density at radius 3 is 2.93 bits per heavy atom. The van der Waals surface area contributed by atoms with E-state index in [0.29, 0.717) is 18.5 Å². The van der Waals surface area contributed by atoms with Crippen LogP contribution in [0.25, 0.3) is 0 Å². The lowest BCUT2D eigenvalue weighted by Gasteiger charge is -2.01. The van der Waals surface area contributed by atoms with Crippen LogP contribution in [0, 0.1) is 0 Å². The van der Waals surface area contributed by atoms with Crippen LogP contribution < -0.4 is 0 Å². The fourth-order valence-corrected chi connectivity index (χ4v) is 1.03. The van der Waals surface area contributed by atoms with Gasteiger partial charge in [0.05, 0.1) is 13.7 Å². The van der Waals surface area contributed by atoms with E-state index in [4.69, 9.17) is 0 Å². The SMILES string of the molecule is CCC(=CCn1cncn1)C(=O)OC. The Bertz CT molecular complexity index is 317. The van der Waals surface area contributed by atoms with Crippen LogP contribution in [0.2, 0.25) is 0 Å². The van der Waals surface area contributed by atoms with Gasteiger partial charge in [0.1, 0.15) is 12.7 Å². The number of nitrogens with zero attached hydrogens (tertiary/aromatic N) is 3. The van der Waals surface area contributed by atoms with Crippen LogP contribution in [0.4, 0.5) is 0 Å². The molecule has 0 aliphatic carbocycles. The molecule has 0 fully saturated rings. The van der Waals surface area contributed by atoms with Crippen LogP contribution >= 0.6 is 0 Å². The molecule has 0 unspecified atom stereocenters. The smallest absolute Gasteiger partial charge is 0.333 e. The second-order valence-corrected chi connectivity index (χ2v) is 2.69. The number of allylic oxidation sites excluding steroid dienone is 1. The van der Waals surface area contributed by atoms with Gasteiger partial charge in [-0.3, -0.25) is 0 Å². The molecule has 0 radical (unpaired) electrons. The van der Waals surface area contributed by atoms with E-state index >= 15 is 0 Å². The number of hydrogen-bond donors (Lipinski definition) is 0. The van der Waals surface area contributed by atoms with Crippen molar-refractivity contribution >= 4 is 5.97 Å². The Labute approximate surface area is 82.4 Å². The van der Waals surface area contributed by atoms with E-state index in [9.17, 15) is 4.79 Å². The molecule has 14 heavy (non-hydrogen) atoms. The number of ether oxygens (including phenoxy) is 1. The molecular formula is C9H13N3O2. The zero-order chi connectivity index (χ0) is 10.4. The Hall–Kier alpha value is -1.65. The topological polar surface area (TPSA) is 57.0 Å². The third kappa shape index (κ3) is 2.69. The highest BCUT2D eigenvalue weighted by Gasteiger charge is 2.05. The summed E-state index contributed by atoms with van der Waals surface area (Å²) in [5.74, 6) is -0.285. The average molecular weight is 195 g/mol. The van der Waals surface area contributed by atoms with E-state index in [-0.39, 0.29) is 5.97 Å². The first-order valence-corrected chi connectivity index (χ1v) is 4.37. The van der Waals surface area contributed by atoms with Gasteiger partial charge in [0.2, 0.25) is 0 Å². The Morgan fingerprint density at radius 2 is 2.43 bits per heavy atom. The van der Waals surface area contributed by atoms with E-state index < -0.39 is 0 Å². The van der Waals surface area contributed by atoms with Crippen LogP contribution in [0.5, 0.6) is 0 Å². The highest BCUT2D eigenvalue weighted by molar-refractivity contribution is 5.88. The van der Waals surface area contributed by atoms with Crippen molar-refractivity contribution in [3.8, 4) is 0 Å². The maximum atomic E-state index is 11.2. The molecule has 1 rings (SSSR count). The highest BCUT2D eigenvalue weighted by Crippen LogP contribution is 2.03. The van der Waals surface area contributed by atoms with Gasteiger partial charge < -0.3 is 4.74 Å². The summed E-state index contributed by atoms with van der Waals surface area (Å²) >= 11 is 0. The molecule has 0 spiro atoms. The van der Waals surface area contributed by atoms with Crippen molar-refractivity contribution in [1.82, 2.24) is 14.8 Å². The lowest BCUT2D eigenvalue weighted by atomic mass is 10.2. The second-order valence-electron chi connectivity index (χ2n) is 2.69. The van der Waals surface area contributed by atoms with Crippen molar-refractivity contribution in [2.24, 2.45) is 0 Å². The van der Waals surface area contributed by atoms with E-state index in [1.54, 1.807) is 17.1 Å². The van der Waals surface area contributed by atoms with Crippen LogP contribution in [0.1, 0.15) is 13.3 Å². The first kappa shape index (κ1) is 10.4. The van der Waals surface area contributed by atoms with Gasteiger partial charge in [0.25, 0.3) is 0 Å². The number of esters is 1. The molecule has 0 amide bonds. The molecule has 1 aromatic heterocycles. The van der Waals surface area contributed by atoms with Gasteiger partial charge in [0.15, 0.2) is 0 Å². The summed E-state index contributed by atoms with van der Waals surface area (Å²) in [5, 5.41) is 3.92. The van der Waals surface area contributed by atoms with Crippen LogP contribution in [0.15, 0.2) is 24.3 Å². The number of carbonyl (C=O) groups excluding carboxylic acids is 1. The molecule has 0 bridgehead atoms. The molecule has 0 atom stereocenters. The minimum atomic E-state index is -0.285. The van der Waals surface area contributed by atoms with Gasteiger partial charge in [-0.2, -0.15) is 5.10 Å². The van der Waals surface area contributed by atoms with Crippen molar-refractivity contribution in [2.45, 2.75) is 19.9 Å². The third-order valence-corrected chi connectivity index (χ3v) is 1.82. The lowest BCUT2D eigenvalue weighted by Crippen LogP contribution is -2.06. The van der Waals surface area contributed by atoms with Crippen molar-refractivity contribution in [3.63, 3.8) is 0 Å². The van der Waals surface area contributed by atoms with Crippen molar-refractivity contribution in [2.75, 3.05) is 7.11 Å². The largest absolute Gasteiger partial charge is 0.466 e. The minimum absolute atomic E-state index is 0.285. The Morgan fingerprint density at radius 1 is 1.64 bits per heavy atom. The number of aromatic nitrogens is 3. The molecule has 0 N–H and O–H groups in total. The number of rotatable bonds is 4. The zero-order valence-electron chi connectivity index (χ0n) is 8.30. The zero-order valence-corrected chi connectivity index (χ0v) is 8.30. The third-order valence-electron chi connectivity index (χ3n) is 1.82. The maximum Gasteiger partial charge on any atom is 0.333 e. The maximum absolute atomic E-state index is 11.2. The van der Waals surface area contributed by atoms with E-state index in [1.165, 1.54) is 13.4 Å². The summed E-state index contributed by atoms with van der Waals surface area (Å²) in [4.78, 5) is 15.0. The molecule has 0 aromatic carbocycles.